The van der Waals surface area contributed by atoms with Crippen LogP contribution >= 0.6 is 34.2 Å². The molecule has 4 heteroatoms. The highest BCUT2D eigenvalue weighted by atomic mass is 127. The summed E-state index contributed by atoms with van der Waals surface area (Å²) in [6.07, 6.45) is 0. The van der Waals surface area contributed by atoms with Crippen molar-refractivity contribution in [3.05, 3.63) is 67.2 Å². The van der Waals surface area contributed by atoms with Gasteiger partial charge in [0.2, 0.25) is 0 Å². The van der Waals surface area contributed by atoms with Crippen molar-refractivity contribution in [2.45, 2.75) is 19.9 Å². The van der Waals surface area contributed by atoms with E-state index in [1.54, 1.807) is 0 Å². The lowest BCUT2D eigenvalue weighted by Gasteiger charge is -2.20. The van der Waals surface area contributed by atoms with Gasteiger partial charge in [-0.25, -0.2) is 5.43 Å². The van der Waals surface area contributed by atoms with Crippen LogP contribution in [0.5, 0.6) is 0 Å². The number of nitrogens with one attached hydrogen (secondary N) is 1. The molecule has 0 aromatic heterocycles. The third-order valence-electron chi connectivity index (χ3n) is 3.23. The molecule has 0 heterocycles. The quantitative estimate of drug-likeness (QED) is 0.473. The molecule has 0 spiro atoms. The highest BCUT2D eigenvalue weighted by molar-refractivity contribution is 14.1. The Hall–Kier alpha value is -0.620. The molecule has 0 aliphatic carbocycles. The molecule has 0 saturated heterocycles. The largest absolute Gasteiger partial charge is 0.271 e. The summed E-state index contributed by atoms with van der Waals surface area (Å²) in [5.74, 6) is 5.75. The van der Waals surface area contributed by atoms with Gasteiger partial charge in [-0.1, -0.05) is 41.9 Å². The number of halogens is 2. The molecule has 3 N–H and O–H groups in total. The molecule has 2 aromatic carbocycles. The minimum absolute atomic E-state index is 0.0510. The molecule has 0 amide bonds. The molecule has 0 aliphatic heterocycles. The number of hydrogen-bond acceptors (Lipinski definition) is 2. The molecular weight excluding hydrogens is 371 g/mol. The monoisotopic (exact) mass is 386 g/mol. The first-order chi connectivity index (χ1) is 9.04. The molecule has 100 valence electrons. The van der Waals surface area contributed by atoms with Crippen LogP contribution in [0.15, 0.2) is 36.4 Å². The maximum atomic E-state index is 6.20. The zero-order valence-electron chi connectivity index (χ0n) is 10.9. The van der Waals surface area contributed by atoms with Gasteiger partial charge in [-0.15, -0.1) is 0 Å². The summed E-state index contributed by atoms with van der Waals surface area (Å²) >= 11 is 8.56. The van der Waals surface area contributed by atoms with Crippen molar-refractivity contribution in [3.63, 3.8) is 0 Å². The van der Waals surface area contributed by atoms with E-state index in [1.807, 2.05) is 25.1 Å². The van der Waals surface area contributed by atoms with E-state index in [4.69, 9.17) is 17.4 Å². The van der Waals surface area contributed by atoms with Gasteiger partial charge in [-0.05, 0) is 64.8 Å². The lowest BCUT2D eigenvalue weighted by molar-refractivity contribution is 0.634. The molecule has 2 rings (SSSR count). The van der Waals surface area contributed by atoms with E-state index in [0.29, 0.717) is 0 Å². The number of aryl methyl sites for hydroxylation is 2. The first-order valence-electron chi connectivity index (χ1n) is 6.01. The topological polar surface area (TPSA) is 38.0 Å². The molecule has 2 aromatic rings. The first kappa shape index (κ1) is 14.8. The molecule has 1 atom stereocenters. The first-order valence-corrected chi connectivity index (χ1v) is 7.47. The Morgan fingerprint density at radius 1 is 1.16 bits per heavy atom. The highest BCUT2D eigenvalue weighted by Gasteiger charge is 2.16. The summed E-state index contributed by atoms with van der Waals surface area (Å²) in [5, 5.41) is 0.764. The average Bonchev–Trinajstić information content (AvgIpc) is 2.39. The van der Waals surface area contributed by atoms with E-state index in [-0.39, 0.29) is 6.04 Å². The van der Waals surface area contributed by atoms with Gasteiger partial charge in [-0.2, -0.15) is 0 Å². The molecule has 0 bridgehead atoms. The molecule has 0 radical (unpaired) electrons. The van der Waals surface area contributed by atoms with E-state index < -0.39 is 0 Å². The third-order valence-corrected chi connectivity index (χ3v) is 5.11. The van der Waals surface area contributed by atoms with E-state index in [9.17, 15) is 0 Å². The third kappa shape index (κ3) is 3.11. The number of benzene rings is 2. The van der Waals surface area contributed by atoms with Crippen molar-refractivity contribution in [3.8, 4) is 0 Å². The maximum absolute atomic E-state index is 6.20. The van der Waals surface area contributed by atoms with E-state index in [0.717, 1.165) is 16.1 Å². The van der Waals surface area contributed by atoms with Crippen LogP contribution in [-0.2, 0) is 0 Å². The summed E-state index contributed by atoms with van der Waals surface area (Å²) in [6, 6.07) is 12.2. The number of hydrogen-bond donors (Lipinski definition) is 2. The van der Waals surface area contributed by atoms with Gasteiger partial charge in [0.1, 0.15) is 0 Å². The van der Waals surface area contributed by atoms with Crippen molar-refractivity contribution >= 4 is 34.2 Å². The second-order valence-corrected chi connectivity index (χ2v) is 6.07. The van der Waals surface area contributed by atoms with Gasteiger partial charge >= 0.3 is 0 Å². The zero-order chi connectivity index (χ0) is 14.0. The Morgan fingerprint density at radius 3 is 2.53 bits per heavy atom. The van der Waals surface area contributed by atoms with Crippen LogP contribution in [0, 0.1) is 17.4 Å². The summed E-state index contributed by atoms with van der Waals surface area (Å²) in [4.78, 5) is 0. The van der Waals surface area contributed by atoms with Gasteiger partial charge in [0.15, 0.2) is 0 Å². The molecule has 2 nitrogen and oxygen atoms in total. The Balaban J connectivity index is 2.50. The smallest absolute Gasteiger partial charge is 0.0720 e. The van der Waals surface area contributed by atoms with Crippen LogP contribution in [0.25, 0.3) is 0 Å². The van der Waals surface area contributed by atoms with Gasteiger partial charge < -0.3 is 0 Å². The lowest BCUT2D eigenvalue weighted by Crippen LogP contribution is -2.29. The Morgan fingerprint density at radius 2 is 1.89 bits per heavy atom. The van der Waals surface area contributed by atoms with Crippen LogP contribution < -0.4 is 11.3 Å². The Bertz CT molecular complexity index is 599. The number of nitrogens with two attached hydrogens (primary N) is 1. The van der Waals surface area contributed by atoms with Crippen molar-refractivity contribution < 1.29 is 0 Å². The van der Waals surface area contributed by atoms with Crippen molar-refractivity contribution in [1.29, 1.82) is 0 Å². The number of rotatable bonds is 3. The molecule has 1 unspecified atom stereocenters. The van der Waals surface area contributed by atoms with Gasteiger partial charge in [-0.3, -0.25) is 5.84 Å². The highest BCUT2D eigenvalue weighted by Crippen LogP contribution is 2.29. The fourth-order valence-electron chi connectivity index (χ4n) is 2.05. The molecular formula is C15H16ClIN2. The average molecular weight is 387 g/mol. The summed E-state index contributed by atoms with van der Waals surface area (Å²) < 4.78 is 1.22. The van der Waals surface area contributed by atoms with Crippen LogP contribution in [0.1, 0.15) is 28.3 Å². The van der Waals surface area contributed by atoms with Gasteiger partial charge in [0.05, 0.1) is 6.04 Å². The predicted molar refractivity (Wildman–Crippen MR) is 89.3 cm³/mol. The van der Waals surface area contributed by atoms with E-state index in [2.05, 4.69) is 53.1 Å². The predicted octanol–water partition coefficient (Wildman–Crippen LogP) is 4.11. The van der Waals surface area contributed by atoms with Crippen LogP contribution in [0.3, 0.4) is 0 Å². The maximum Gasteiger partial charge on any atom is 0.0720 e. The van der Waals surface area contributed by atoms with Crippen LogP contribution in [0.2, 0.25) is 5.02 Å². The van der Waals surface area contributed by atoms with Crippen molar-refractivity contribution in [2.24, 2.45) is 5.84 Å². The summed E-state index contributed by atoms with van der Waals surface area (Å²) in [6.45, 7) is 4.09. The SMILES string of the molecule is Cc1ccc(C(NN)c2cccc(C)c2I)cc1Cl. The summed E-state index contributed by atoms with van der Waals surface area (Å²) in [5.41, 5.74) is 7.44. The molecule has 0 aliphatic rings. The van der Waals surface area contributed by atoms with Crippen molar-refractivity contribution in [2.75, 3.05) is 0 Å². The fourth-order valence-corrected chi connectivity index (χ4v) is 2.91. The fraction of sp³-hybridized carbons (Fsp3) is 0.200. The second kappa shape index (κ2) is 6.22. The number of hydrazine groups is 1. The minimum Gasteiger partial charge on any atom is -0.271 e. The Labute approximate surface area is 132 Å². The van der Waals surface area contributed by atoms with E-state index in [1.165, 1.54) is 14.7 Å². The standard InChI is InChI=1S/C15H16ClIN2/c1-9-6-7-11(8-13(9)16)15(19-18)12-5-3-4-10(2)14(12)17/h3-8,15,19H,18H2,1-2H3. The minimum atomic E-state index is -0.0510. The second-order valence-electron chi connectivity index (χ2n) is 4.59. The van der Waals surface area contributed by atoms with Gasteiger partial charge in [0, 0.05) is 8.59 Å². The normalized spacial score (nSPS) is 12.5. The molecule has 0 saturated carbocycles. The van der Waals surface area contributed by atoms with Crippen LogP contribution in [0.4, 0.5) is 0 Å². The van der Waals surface area contributed by atoms with Crippen molar-refractivity contribution in [1.82, 2.24) is 5.43 Å². The van der Waals surface area contributed by atoms with Gasteiger partial charge in [0.25, 0.3) is 0 Å². The lowest BCUT2D eigenvalue weighted by atomic mass is 9.97. The molecule has 19 heavy (non-hydrogen) atoms. The molecule has 0 fully saturated rings. The Kier molecular flexibility index (Phi) is 4.84. The summed E-state index contributed by atoms with van der Waals surface area (Å²) in [7, 11) is 0. The van der Waals surface area contributed by atoms with Crippen LogP contribution in [-0.4, -0.2) is 0 Å². The zero-order valence-corrected chi connectivity index (χ0v) is 13.8. The van der Waals surface area contributed by atoms with E-state index >= 15 is 0 Å².